The lowest BCUT2D eigenvalue weighted by molar-refractivity contribution is 0.109. The molecule has 0 N–H and O–H groups in total. The second-order valence-electron chi connectivity index (χ2n) is 6.02. The van der Waals surface area contributed by atoms with Crippen LogP contribution in [0.1, 0.15) is 45.7 Å². The summed E-state index contributed by atoms with van der Waals surface area (Å²) in [5.74, 6) is 0. The third-order valence-corrected chi connectivity index (χ3v) is 4.29. The summed E-state index contributed by atoms with van der Waals surface area (Å²) in [6, 6.07) is 9.91. The van der Waals surface area contributed by atoms with E-state index >= 15 is 0 Å². The molecule has 1 aromatic rings. The average molecular weight is 247 g/mol. The summed E-state index contributed by atoms with van der Waals surface area (Å²) >= 11 is 0. The van der Waals surface area contributed by atoms with Gasteiger partial charge in [-0.05, 0) is 30.5 Å². The molecule has 0 unspecified atom stereocenters. The summed E-state index contributed by atoms with van der Waals surface area (Å²) in [4.78, 5) is 0. The smallest absolute Gasteiger partial charge is 0.168 e. The summed E-state index contributed by atoms with van der Waals surface area (Å²) in [5, 5.41) is 9.38. The zero-order valence-corrected chi connectivity index (χ0v) is 12.8. The van der Waals surface area contributed by atoms with Gasteiger partial charge in [-0.2, -0.15) is 5.26 Å². The van der Waals surface area contributed by atoms with Crippen LogP contribution in [0.3, 0.4) is 0 Å². The number of nitriles is 1. The fraction of sp³-hybridized carbons (Fsp3) is 0.500. The van der Waals surface area contributed by atoms with Gasteiger partial charge in [-0.25, -0.2) is 0 Å². The number of hydrogen-bond donors (Lipinski definition) is 0. The highest BCUT2D eigenvalue weighted by Gasteiger charge is 2.26. The van der Waals surface area contributed by atoms with Crippen molar-refractivity contribution in [2.45, 2.75) is 45.3 Å². The SMILES string of the molecule is CC(C)(C)[SiH2]OC(C)(C)c1ccccc1C#N. The van der Waals surface area contributed by atoms with Gasteiger partial charge in [0.05, 0.1) is 17.2 Å². The van der Waals surface area contributed by atoms with Crippen molar-refractivity contribution in [1.29, 1.82) is 5.26 Å². The Morgan fingerprint density at radius 1 is 1.12 bits per heavy atom. The molecule has 1 aromatic carbocycles. The number of rotatable bonds is 3. The molecule has 0 radical (unpaired) electrons. The fourth-order valence-corrected chi connectivity index (χ4v) is 2.53. The van der Waals surface area contributed by atoms with Gasteiger partial charge in [-0.3, -0.25) is 0 Å². The van der Waals surface area contributed by atoms with Crippen molar-refractivity contribution >= 4 is 9.76 Å². The Bertz CT molecular complexity index is 427. The summed E-state index contributed by atoms with van der Waals surface area (Å²) in [5.41, 5.74) is 1.32. The molecule has 0 bridgehead atoms. The number of benzene rings is 1. The first-order valence-electron chi connectivity index (χ1n) is 5.90. The second kappa shape index (κ2) is 5.03. The van der Waals surface area contributed by atoms with Crippen molar-refractivity contribution in [2.24, 2.45) is 0 Å². The van der Waals surface area contributed by atoms with Crippen LogP contribution < -0.4 is 0 Å². The van der Waals surface area contributed by atoms with E-state index in [-0.39, 0.29) is 10.6 Å². The fourth-order valence-electron chi connectivity index (χ4n) is 1.58. The summed E-state index contributed by atoms with van der Waals surface area (Å²) < 4.78 is 6.11. The van der Waals surface area contributed by atoms with Crippen LogP contribution >= 0.6 is 0 Å². The molecule has 0 aliphatic rings. The Balaban J connectivity index is 2.93. The van der Waals surface area contributed by atoms with E-state index in [1.165, 1.54) is 0 Å². The van der Waals surface area contributed by atoms with Crippen LogP contribution in [0.15, 0.2) is 24.3 Å². The van der Waals surface area contributed by atoms with Crippen molar-refractivity contribution in [2.75, 3.05) is 0 Å². The lowest BCUT2D eigenvalue weighted by atomic mass is 9.94. The van der Waals surface area contributed by atoms with Gasteiger partial charge in [-0.15, -0.1) is 0 Å². The van der Waals surface area contributed by atoms with Gasteiger partial charge < -0.3 is 4.43 Å². The summed E-state index contributed by atoms with van der Waals surface area (Å²) in [7, 11) is -0.631. The molecule has 0 spiro atoms. The van der Waals surface area contributed by atoms with Crippen molar-refractivity contribution < 1.29 is 4.43 Å². The molecule has 3 heteroatoms. The average Bonchev–Trinajstić information content (AvgIpc) is 2.26. The van der Waals surface area contributed by atoms with Crippen LogP contribution in [-0.4, -0.2) is 9.76 Å². The van der Waals surface area contributed by atoms with Gasteiger partial charge in [0.25, 0.3) is 0 Å². The Kier molecular flexibility index (Phi) is 4.13. The van der Waals surface area contributed by atoms with Crippen LogP contribution in [-0.2, 0) is 10.0 Å². The molecule has 0 saturated heterocycles. The molecule has 1 rings (SSSR count). The van der Waals surface area contributed by atoms with E-state index in [0.29, 0.717) is 5.56 Å². The largest absolute Gasteiger partial charge is 0.415 e. The highest BCUT2D eigenvalue weighted by Crippen LogP contribution is 2.30. The van der Waals surface area contributed by atoms with Crippen LogP contribution in [0.4, 0.5) is 0 Å². The quantitative estimate of drug-likeness (QED) is 0.769. The number of hydrogen-bond acceptors (Lipinski definition) is 2. The van der Waals surface area contributed by atoms with Gasteiger partial charge in [0.15, 0.2) is 9.76 Å². The van der Waals surface area contributed by atoms with E-state index in [2.05, 4.69) is 26.8 Å². The van der Waals surface area contributed by atoms with Crippen LogP contribution in [0.25, 0.3) is 0 Å². The molecule has 0 aliphatic heterocycles. The topological polar surface area (TPSA) is 33.0 Å². The minimum atomic E-state index is -0.631. The van der Waals surface area contributed by atoms with Crippen LogP contribution in [0, 0.1) is 11.3 Å². The van der Waals surface area contributed by atoms with Crippen LogP contribution in [0.2, 0.25) is 5.04 Å². The minimum absolute atomic E-state index is 0.263. The van der Waals surface area contributed by atoms with E-state index in [0.717, 1.165) is 5.56 Å². The first-order valence-corrected chi connectivity index (χ1v) is 7.18. The molecule has 0 saturated carbocycles. The van der Waals surface area contributed by atoms with Crippen molar-refractivity contribution in [1.82, 2.24) is 0 Å². The molecule has 0 aromatic heterocycles. The van der Waals surface area contributed by atoms with Crippen molar-refractivity contribution in [3.05, 3.63) is 35.4 Å². The second-order valence-corrected chi connectivity index (χ2v) is 8.72. The predicted molar refractivity (Wildman–Crippen MR) is 73.5 cm³/mol. The summed E-state index contributed by atoms with van der Waals surface area (Å²) in [6.07, 6.45) is 0. The van der Waals surface area contributed by atoms with Crippen molar-refractivity contribution in [3.63, 3.8) is 0 Å². The Morgan fingerprint density at radius 2 is 1.71 bits per heavy atom. The zero-order valence-electron chi connectivity index (χ0n) is 11.4. The molecule has 2 nitrogen and oxygen atoms in total. The zero-order chi connectivity index (χ0) is 13.1. The maximum atomic E-state index is 9.12. The maximum absolute atomic E-state index is 9.12. The third kappa shape index (κ3) is 3.99. The number of nitrogens with zero attached hydrogens (tertiary/aromatic N) is 1. The van der Waals surface area contributed by atoms with E-state index in [4.69, 9.17) is 9.69 Å². The molecule has 17 heavy (non-hydrogen) atoms. The highest BCUT2D eigenvalue weighted by atomic mass is 28.2. The van der Waals surface area contributed by atoms with Gasteiger partial charge >= 0.3 is 0 Å². The molecule has 92 valence electrons. The van der Waals surface area contributed by atoms with Gasteiger partial charge in [0.1, 0.15) is 0 Å². The Morgan fingerprint density at radius 3 is 2.24 bits per heavy atom. The molecule has 0 atom stereocenters. The van der Waals surface area contributed by atoms with Crippen LogP contribution in [0.5, 0.6) is 0 Å². The molecule has 0 fully saturated rings. The van der Waals surface area contributed by atoms with Crippen molar-refractivity contribution in [3.8, 4) is 6.07 Å². The predicted octanol–water partition coefficient (Wildman–Crippen LogP) is 3.11. The molecule has 0 heterocycles. The first kappa shape index (κ1) is 13.9. The lowest BCUT2D eigenvalue weighted by Crippen LogP contribution is -2.28. The lowest BCUT2D eigenvalue weighted by Gasteiger charge is -2.31. The molecule has 0 aliphatic carbocycles. The summed E-state index contributed by atoms with van der Waals surface area (Å²) in [6.45, 7) is 10.7. The normalized spacial score (nSPS) is 12.9. The van der Waals surface area contributed by atoms with Gasteiger partial charge in [0, 0.05) is 0 Å². The van der Waals surface area contributed by atoms with E-state index < -0.39 is 9.76 Å². The van der Waals surface area contributed by atoms with E-state index in [1.807, 2.05) is 38.1 Å². The standard InChI is InChI=1S/C14H21NOSi/c1-13(2,3)17-16-14(4,5)12-9-7-6-8-11(12)10-15/h6-9H,17H2,1-5H3. The highest BCUT2D eigenvalue weighted by molar-refractivity contribution is 6.31. The van der Waals surface area contributed by atoms with Gasteiger partial charge in [-0.1, -0.05) is 39.0 Å². The maximum Gasteiger partial charge on any atom is 0.168 e. The Labute approximate surface area is 107 Å². The molecular formula is C14H21NOSi. The van der Waals surface area contributed by atoms with E-state index in [9.17, 15) is 0 Å². The molecule has 0 amide bonds. The monoisotopic (exact) mass is 247 g/mol. The first-order chi connectivity index (χ1) is 7.76. The minimum Gasteiger partial charge on any atom is -0.415 e. The Hall–Kier alpha value is -1.11. The van der Waals surface area contributed by atoms with Gasteiger partial charge in [0.2, 0.25) is 0 Å². The third-order valence-electron chi connectivity index (χ3n) is 2.56. The van der Waals surface area contributed by atoms with E-state index in [1.54, 1.807) is 0 Å². The molecular weight excluding hydrogens is 226 g/mol.